The minimum Gasteiger partial charge on any atom is -0.354 e. The van der Waals surface area contributed by atoms with Crippen molar-refractivity contribution < 1.29 is 4.79 Å². The summed E-state index contributed by atoms with van der Waals surface area (Å²) in [6.07, 6.45) is 4.50. The molecule has 1 amide bonds. The van der Waals surface area contributed by atoms with Crippen LogP contribution in [0, 0.1) is 19.8 Å². The molecule has 134 valence electrons. The SMILES string of the molecule is Cc1nn(C)c(C)c1CN1CCCC(CNC(=O)C2CCCN2)C1. The van der Waals surface area contributed by atoms with Gasteiger partial charge in [-0.1, -0.05) is 0 Å². The maximum atomic E-state index is 12.2. The van der Waals surface area contributed by atoms with Crippen LogP contribution in [0.15, 0.2) is 0 Å². The third-order valence-corrected chi connectivity index (χ3v) is 5.59. The summed E-state index contributed by atoms with van der Waals surface area (Å²) in [5, 5.41) is 11.0. The molecule has 24 heavy (non-hydrogen) atoms. The molecule has 0 bridgehead atoms. The standard InChI is InChI=1S/C18H31N5O/c1-13-16(14(2)22(3)21-13)12-23-9-5-6-15(11-23)10-20-18(24)17-7-4-8-19-17/h15,17,19H,4-12H2,1-3H3,(H,20,24). The van der Waals surface area contributed by atoms with Crippen molar-refractivity contribution in [2.45, 2.75) is 52.1 Å². The van der Waals surface area contributed by atoms with Gasteiger partial charge in [0.15, 0.2) is 0 Å². The van der Waals surface area contributed by atoms with Crippen molar-refractivity contribution in [2.75, 3.05) is 26.2 Å². The van der Waals surface area contributed by atoms with Crippen LogP contribution in [0.25, 0.3) is 0 Å². The van der Waals surface area contributed by atoms with E-state index < -0.39 is 0 Å². The van der Waals surface area contributed by atoms with Crippen LogP contribution in [0.4, 0.5) is 0 Å². The number of likely N-dealkylation sites (tertiary alicyclic amines) is 1. The van der Waals surface area contributed by atoms with Gasteiger partial charge in [-0.3, -0.25) is 14.4 Å². The second-order valence-electron chi connectivity index (χ2n) is 7.41. The summed E-state index contributed by atoms with van der Waals surface area (Å²) in [5.41, 5.74) is 3.75. The number of aryl methyl sites for hydroxylation is 2. The Morgan fingerprint density at radius 2 is 2.17 bits per heavy atom. The van der Waals surface area contributed by atoms with E-state index in [4.69, 9.17) is 0 Å². The number of nitrogens with zero attached hydrogens (tertiary/aromatic N) is 3. The average molecular weight is 333 g/mol. The van der Waals surface area contributed by atoms with E-state index in [2.05, 4.69) is 34.5 Å². The molecule has 0 radical (unpaired) electrons. The fourth-order valence-electron chi connectivity index (χ4n) is 4.01. The summed E-state index contributed by atoms with van der Waals surface area (Å²) < 4.78 is 1.97. The van der Waals surface area contributed by atoms with Crippen molar-refractivity contribution >= 4 is 5.91 Å². The molecule has 1 aromatic rings. The molecule has 6 heteroatoms. The van der Waals surface area contributed by atoms with E-state index in [1.165, 1.54) is 24.1 Å². The zero-order chi connectivity index (χ0) is 17.1. The Kier molecular flexibility index (Phi) is 5.56. The van der Waals surface area contributed by atoms with Crippen LogP contribution < -0.4 is 10.6 Å². The van der Waals surface area contributed by atoms with Gasteiger partial charge in [0.05, 0.1) is 11.7 Å². The molecule has 0 saturated carbocycles. The van der Waals surface area contributed by atoms with Crippen molar-refractivity contribution in [1.29, 1.82) is 0 Å². The minimum absolute atomic E-state index is 0.0328. The van der Waals surface area contributed by atoms with Gasteiger partial charge in [0.25, 0.3) is 0 Å². The number of hydrogen-bond acceptors (Lipinski definition) is 4. The number of carbonyl (C=O) groups is 1. The van der Waals surface area contributed by atoms with E-state index in [1.54, 1.807) is 0 Å². The first-order valence-corrected chi connectivity index (χ1v) is 9.27. The predicted octanol–water partition coefficient (Wildman–Crippen LogP) is 1.12. The van der Waals surface area contributed by atoms with Crippen LogP contribution in [0.1, 0.15) is 42.6 Å². The summed E-state index contributed by atoms with van der Waals surface area (Å²) in [6.45, 7) is 9.19. The Hall–Kier alpha value is -1.40. The molecule has 3 rings (SSSR count). The van der Waals surface area contributed by atoms with Gasteiger partial charge >= 0.3 is 0 Å². The normalized spacial score (nSPS) is 25.1. The Morgan fingerprint density at radius 3 is 2.83 bits per heavy atom. The molecule has 2 unspecified atom stereocenters. The highest BCUT2D eigenvalue weighted by Gasteiger charge is 2.25. The highest BCUT2D eigenvalue weighted by Crippen LogP contribution is 2.21. The first kappa shape index (κ1) is 17.4. The molecule has 2 saturated heterocycles. The van der Waals surface area contributed by atoms with Crippen LogP contribution in [0.3, 0.4) is 0 Å². The maximum absolute atomic E-state index is 12.2. The average Bonchev–Trinajstić information content (AvgIpc) is 3.18. The number of hydrogen-bond donors (Lipinski definition) is 2. The lowest BCUT2D eigenvalue weighted by Crippen LogP contribution is -2.45. The monoisotopic (exact) mass is 333 g/mol. The molecule has 0 spiro atoms. The Morgan fingerprint density at radius 1 is 1.33 bits per heavy atom. The Labute approximate surface area is 145 Å². The van der Waals surface area contributed by atoms with Gasteiger partial charge in [-0.2, -0.15) is 5.10 Å². The number of rotatable bonds is 5. The predicted molar refractivity (Wildman–Crippen MR) is 94.7 cm³/mol. The maximum Gasteiger partial charge on any atom is 0.237 e. The molecule has 3 heterocycles. The molecule has 6 nitrogen and oxygen atoms in total. The van der Waals surface area contributed by atoms with Crippen molar-refractivity contribution in [3.63, 3.8) is 0 Å². The smallest absolute Gasteiger partial charge is 0.237 e. The number of piperidine rings is 1. The fraction of sp³-hybridized carbons (Fsp3) is 0.778. The molecule has 2 aliphatic heterocycles. The third-order valence-electron chi connectivity index (χ3n) is 5.59. The summed E-state index contributed by atoms with van der Waals surface area (Å²) in [6, 6.07) is 0.0328. The molecule has 1 aromatic heterocycles. The van der Waals surface area contributed by atoms with Gasteiger partial charge in [0, 0.05) is 37.9 Å². The summed E-state index contributed by atoms with van der Waals surface area (Å²) in [4.78, 5) is 14.7. The topological polar surface area (TPSA) is 62.2 Å². The van der Waals surface area contributed by atoms with Crippen molar-refractivity contribution in [1.82, 2.24) is 25.3 Å². The molecule has 2 atom stereocenters. The van der Waals surface area contributed by atoms with E-state index in [9.17, 15) is 4.79 Å². The van der Waals surface area contributed by atoms with E-state index in [0.29, 0.717) is 5.92 Å². The number of carbonyl (C=O) groups excluding carboxylic acids is 1. The lowest BCUT2D eigenvalue weighted by atomic mass is 9.97. The highest BCUT2D eigenvalue weighted by molar-refractivity contribution is 5.81. The quantitative estimate of drug-likeness (QED) is 0.848. The van der Waals surface area contributed by atoms with E-state index in [-0.39, 0.29) is 11.9 Å². The van der Waals surface area contributed by atoms with E-state index in [0.717, 1.165) is 51.3 Å². The first-order valence-electron chi connectivity index (χ1n) is 9.27. The van der Waals surface area contributed by atoms with Crippen LogP contribution >= 0.6 is 0 Å². The molecule has 0 aliphatic carbocycles. The zero-order valence-electron chi connectivity index (χ0n) is 15.3. The Balaban J connectivity index is 1.50. The first-order chi connectivity index (χ1) is 11.5. The molecule has 2 aliphatic rings. The van der Waals surface area contributed by atoms with Gasteiger partial charge in [-0.15, -0.1) is 0 Å². The van der Waals surface area contributed by atoms with Crippen molar-refractivity contribution in [3.05, 3.63) is 17.0 Å². The van der Waals surface area contributed by atoms with Gasteiger partial charge in [0.2, 0.25) is 5.91 Å². The lowest BCUT2D eigenvalue weighted by Gasteiger charge is -2.33. The zero-order valence-corrected chi connectivity index (χ0v) is 15.3. The van der Waals surface area contributed by atoms with Crippen molar-refractivity contribution in [3.8, 4) is 0 Å². The minimum atomic E-state index is 0.0328. The van der Waals surface area contributed by atoms with Gasteiger partial charge < -0.3 is 10.6 Å². The molecule has 0 aromatic carbocycles. The van der Waals surface area contributed by atoms with Crippen molar-refractivity contribution in [2.24, 2.45) is 13.0 Å². The largest absolute Gasteiger partial charge is 0.354 e. The molecule has 2 N–H and O–H groups in total. The van der Waals surface area contributed by atoms with Gasteiger partial charge in [0.1, 0.15) is 0 Å². The highest BCUT2D eigenvalue weighted by atomic mass is 16.2. The molecule has 2 fully saturated rings. The second-order valence-corrected chi connectivity index (χ2v) is 7.41. The van der Waals surface area contributed by atoms with E-state index in [1.807, 2.05) is 11.7 Å². The van der Waals surface area contributed by atoms with Gasteiger partial charge in [-0.25, -0.2) is 0 Å². The third kappa shape index (κ3) is 3.98. The van der Waals surface area contributed by atoms with Crippen LogP contribution in [0.5, 0.6) is 0 Å². The van der Waals surface area contributed by atoms with Crippen LogP contribution in [0.2, 0.25) is 0 Å². The lowest BCUT2D eigenvalue weighted by molar-refractivity contribution is -0.123. The summed E-state index contributed by atoms with van der Waals surface area (Å²) in [7, 11) is 2.01. The number of amides is 1. The summed E-state index contributed by atoms with van der Waals surface area (Å²) in [5.74, 6) is 0.741. The van der Waals surface area contributed by atoms with Crippen LogP contribution in [-0.4, -0.2) is 52.8 Å². The number of aromatic nitrogens is 2. The molecular formula is C18H31N5O. The van der Waals surface area contributed by atoms with Crippen LogP contribution in [-0.2, 0) is 18.4 Å². The second kappa shape index (κ2) is 7.66. The summed E-state index contributed by atoms with van der Waals surface area (Å²) >= 11 is 0. The van der Waals surface area contributed by atoms with E-state index >= 15 is 0 Å². The number of nitrogens with one attached hydrogen (secondary N) is 2. The Bertz CT molecular complexity index is 576. The molecular weight excluding hydrogens is 302 g/mol. The fourth-order valence-corrected chi connectivity index (χ4v) is 4.01. The van der Waals surface area contributed by atoms with Gasteiger partial charge in [-0.05, 0) is 58.5 Å².